The van der Waals surface area contributed by atoms with Crippen LogP contribution in [0.15, 0.2) is 28.8 Å². The van der Waals surface area contributed by atoms with Crippen molar-refractivity contribution < 1.29 is 18.4 Å². The van der Waals surface area contributed by atoms with Crippen molar-refractivity contribution in [2.75, 3.05) is 6.54 Å². The summed E-state index contributed by atoms with van der Waals surface area (Å²) in [6.45, 7) is 8.06. The topological polar surface area (TPSA) is 68.5 Å². The van der Waals surface area contributed by atoms with E-state index in [1.807, 2.05) is 27.7 Å². The molecule has 0 spiro atoms. The Hall–Kier alpha value is -2.44. The lowest BCUT2D eigenvalue weighted by Crippen LogP contribution is -2.47. The Bertz CT molecular complexity index is 767. The van der Waals surface area contributed by atoms with Crippen LogP contribution >= 0.6 is 0 Å². The highest BCUT2D eigenvalue weighted by Gasteiger charge is 2.34. The molecule has 0 aliphatic carbocycles. The molecule has 1 aliphatic rings. The number of carbonyl (C=O) groups excluding carboxylic acids is 1. The van der Waals surface area contributed by atoms with Crippen molar-refractivity contribution in [2.24, 2.45) is 0 Å². The molecule has 2 unspecified atom stereocenters. The maximum atomic E-state index is 13.1. The third kappa shape index (κ3) is 4.20. The zero-order chi connectivity index (χ0) is 18.9. The molecular formula is C19H24FN3O3. The Labute approximate surface area is 152 Å². The molecule has 26 heavy (non-hydrogen) atoms. The Morgan fingerprint density at radius 2 is 1.96 bits per heavy atom. The molecule has 1 aromatic heterocycles. The van der Waals surface area contributed by atoms with Crippen molar-refractivity contribution in [2.45, 2.75) is 58.1 Å². The van der Waals surface area contributed by atoms with E-state index in [9.17, 15) is 9.18 Å². The number of likely N-dealkylation sites (tertiary alicyclic amines) is 1. The van der Waals surface area contributed by atoms with Crippen molar-refractivity contribution in [3.63, 3.8) is 0 Å². The number of benzene rings is 1. The lowest BCUT2D eigenvalue weighted by molar-refractivity contribution is 0.00928. The SMILES string of the molecule is CC1CCC(c2noc(-c3ccc(F)cc3)n2)CN1C(=O)OC(C)(C)C. The summed E-state index contributed by atoms with van der Waals surface area (Å²) >= 11 is 0. The van der Waals surface area contributed by atoms with Gasteiger partial charge in [0.2, 0.25) is 0 Å². The van der Waals surface area contributed by atoms with Gasteiger partial charge in [-0.25, -0.2) is 9.18 Å². The summed E-state index contributed by atoms with van der Waals surface area (Å²) < 4.78 is 23.9. The van der Waals surface area contributed by atoms with Gasteiger partial charge in [0.15, 0.2) is 5.82 Å². The minimum Gasteiger partial charge on any atom is -0.444 e. The minimum atomic E-state index is -0.536. The Morgan fingerprint density at radius 1 is 1.27 bits per heavy atom. The molecule has 1 aliphatic heterocycles. The van der Waals surface area contributed by atoms with E-state index in [2.05, 4.69) is 10.1 Å². The number of hydrogen-bond acceptors (Lipinski definition) is 5. The van der Waals surface area contributed by atoms with Crippen LogP contribution < -0.4 is 0 Å². The van der Waals surface area contributed by atoms with Crippen molar-refractivity contribution in [3.8, 4) is 11.5 Å². The third-order valence-corrected chi connectivity index (χ3v) is 4.41. The fourth-order valence-corrected chi connectivity index (χ4v) is 3.00. The van der Waals surface area contributed by atoms with Crippen LogP contribution in [0.3, 0.4) is 0 Å². The van der Waals surface area contributed by atoms with Gasteiger partial charge in [0, 0.05) is 24.1 Å². The Kier molecular flexibility index (Phi) is 4.98. The lowest BCUT2D eigenvalue weighted by atomic mass is 9.93. The van der Waals surface area contributed by atoms with Crippen LogP contribution in [0.5, 0.6) is 0 Å². The van der Waals surface area contributed by atoms with E-state index < -0.39 is 5.60 Å². The predicted octanol–water partition coefficient (Wildman–Crippen LogP) is 4.38. The van der Waals surface area contributed by atoms with Crippen LogP contribution in [0.25, 0.3) is 11.5 Å². The molecule has 140 valence electrons. The second kappa shape index (κ2) is 7.05. The van der Waals surface area contributed by atoms with Crippen LogP contribution in [0.1, 0.15) is 52.3 Å². The number of amides is 1. The molecular weight excluding hydrogens is 337 g/mol. The molecule has 1 amide bonds. The minimum absolute atomic E-state index is 0.0170. The summed E-state index contributed by atoms with van der Waals surface area (Å²) in [4.78, 5) is 18.6. The molecule has 1 saturated heterocycles. The third-order valence-electron chi connectivity index (χ3n) is 4.41. The molecule has 2 atom stereocenters. The summed E-state index contributed by atoms with van der Waals surface area (Å²) in [7, 11) is 0. The highest BCUT2D eigenvalue weighted by molar-refractivity contribution is 5.68. The molecule has 0 bridgehead atoms. The highest BCUT2D eigenvalue weighted by atomic mass is 19.1. The average Bonchev–Trinajstić information content (AvgIpc) is 3.04. The number of ether oxygens (including phenoxy) is 1. The fraction of sp³-hybridized carbons (Fsp3) is 0.526. The molecule has 1 fully saturated rings. The summed E-state index contributed by atoms with van der Waals surface area (Å²) in [6.07, 6.45) is 1.38. The molecule has 2 heterocycles. The first kappa shape index (κ1) is 18.4. The molecule has 2 aromatic rings. The van der Waals surface area contributed by atoms with E-state index in [1.54, 1.807) is 17.0 Å². The van der Waals surface area contributed by atoms with Gasteiger partial charge in [-0.1, -0.05) is 5.16 Å². The van der Waals surface area contributed by atoms with E-state index in [-0.39, 0.29) is 23.9 Å². The molecule has 0 saturated carbocycles. The smallest absolute Gasteiger partial charge is 0.410 e. The standard InChI is InChI=1S/C19H24FN3O3/c1-12-5-6-14(11-23(12)18(24)25-19(2,3)4)16-21-17(26-22-16)13-7-9-15(20)10-8-13/h7-10,12,14H,5-6,11H2,1-4H3. The zero-order valence-electron chi connectivity index (χ0n) is 15.5. The van der Waals surface area contributed by atoms with E-state index in [4.69, 9.17) is 9.26 Å². The van der Waals surface area contributed by atoms with Crippen LogP contribution in [-0.2, 0) is 4.74 Å². The van der Waals surface area contributed by atoms with Crippen molar-refractivity contribution in [1.29, 1.82) is 0 Å². The largest absolute Gasteiger partial charge is 0.444 e. The first-order valence-electron chi connectivity index (χ1n) is 8.82. The van der Waals surface area contributed by atoms with Gasteiger partial charge in [0.1, 0.15) is 11.4 Å². The molecule has 1 aromatic carbocycles. The molecule has 0 radical (unpaired) electrons. The highest BCUT2D eigenvalue weighted by Crippen LogP contribution is 2.31. The second-order valence-electron chi connectivity index (χ2n) is 7.72. The maximum absolute atomic E-state index is 13.1. The first-order valence-corrected chi connectivity index (χ1v) is 8.82. The summed E-state index contributed by atoms with van der Waals surface area (Å²) in [5.74, 6) is 0.576. The summed E-state index contributed by atoms with van der Waals surface area (Å²) in [6, 6.07) is 6.01. The Morgan fingerprint density at radius 3 is 2.62 bits per heavy atom. The van der Waals surface area contributed by atoms with Crippen molar-refractivity contribution in [3.05, 3.63) is 35.9 Å². The average molecular weight is 361 g/mol. The van der Waals surface area contributed by atoms with Gasteiger partial charge in [-0.15, -0.1) is 0 Å². The summed E-state index contributed by atoms with van der Waals surface area (Å²) in [5.41, 5.74) is 0.129. The lowest BCUT2D eigenvalue weighted by Gasteiger charge is -2.37. The Balaban J connectivity index is 1.73. The number of hydrogen-bond donors (Lipinski definition) is 0. The van der Waals surface area contributed by atoms with E-state index in [0.717, 1.165) is 12.8 Å². The van der Waals surface area contributed by atoms with Gasteiger partial charge in [-0.2, -0.15) is 4.98 Å². The predicted molar refractivity (Wildman–Crippen MR) is 94.1 cm³/mol. The molecule has 3 rings (SSSR count). The summed E-state index contributed by atoms with van der Waals surface area (Å²) in [5, 5.41) is 4.07. The monoisotopic (exact) mass is 361 g/mol. The van der Waals surface area contributed by atoms with Crippen LogP contribution in [-0.4, -0.2) is 39.3 Å². The number of rotatable bonds is 2. The van der Waals surface area contributed by atoms with Crippen LogP contribution in [0.2, 0.25) is 0 Å². The van der Waals surface area contributed by atoms with E-state index in [0.29, 0.717) is 23.8 Å². The first-order chi connectivity index (χ1) is 12.2. The molecule has 0 N–H and O–H groups in total. The van der Waals surface area contributed by atoms with Crippen LogP contribution in [0, 0.1) is 5.82 Å². The van der Waals surface area contributed by atoms with E-state index >= 15 is 0 Å². The van der Waals surface area contributed by atoms with Gasteiger partial charge in [-0.05, 0) is 64.8 Å². The fourth-order valence-electron chi connectivity index (χ4n) is 3.00. The van der Waals surface area contributed by atoms with Gasteiger partial charge in [-0.3, -0.25) is 0 Å². The van der Waals surface area contributed by atoms with Crippen molar-refractivity contribution in [1.82, 2.24) is 15.0 Å². The molecule has 6 nitrogen and oxygen atoms in total. The maximum Gasteiger partial charge on any atom is 0.410 e. The zero-order valence-corrected chi connectivity index (χ0v) is 15.5. The number of piperidine rings is 1. The normalized spacial score (nSPS) is 20.9. The molecule has 7 heteroatoms. The number of nitrogens with zero attached hydrogens (tertiary/aromatic N) is 3. The van der Waals surface area contributed by atoms with Crippen LogP contribution in [0.4, 0.5) is 9.18 Å². The number of aromatic nitrogens is 2. The number of carbonyl (C=O) groups is 1. The van der Waals surface area contributed by atoms with Gasteiger partial charge in [0.05, 0.1) is 0 Å². The number of halogens is 1. The van der Waals surface area contributed by atoms with Gasteiger partial charge < -0.3 is 14.2 Å². The quantitative estimate of drug-likeness (QED) is 0.794. The van der Waals surface area contributed by atoms with Gasteiger partial charge in [0.25, 0.3) is 5.89 Å². The van der Waals surface area contributed by atoms with E-state index in [1.165, 1.54) is 12.1 Å². The van der Waals surface area contributed by atoms with Gasteiger partial charge >= 0.3 is 6.09 Å². The van der Waals surface area contributed by atoms with Crippen molar-refractivity contribution >= 4 is 6.09 Å². The second-order valence-corrected chi connectivity index (χ2v) is 7.72.